The lowest BCUT2D eigenvalue weighted by Crippen LogP contribution is -2.43. The third-order valence-corrected chi connectivity index (χ3v) is 5.67. The van der Waals surface area contributed by atoms with Crippen LogP contribution in [0, 0.1) is 0 Å². The highest BCUT2D eigenvalue weighted by molar-refractivity contribution is 7.10. The minimum Gasteiger partial charge on any atom is -0.435 e. The van der Waals surface area contributed by atoms with E-state index in [1.54, 1.807) is 36.6 Å². The third-order valence-electron chi connectivity index (χ3n) is 4.58. The zero-order valence-corrected chi connectivity index (χ0v) is 16.5. The van der Waals surface area contributed by atoms with Gasteiger partial charge in [0.15, 0.2) is 5.54 Å². The van der Waals surface area contributed by atoms with Gasteiger partial charge in [0.1, 0.15) is 12.3 Å². The number of rotatable bonds is 7. The number of alkyl halides is 2. The van der Waals surface area contributed by atoms with Crippen molar-refractivity contribution in [2.45, 2.75) is 25.6 Å². The average Bonchev–Trinajstić information content (AvgIpc) is 3.27. The van der Waals surface area contributed by atoms with Gasteiger partial charge in [0.25, 0.3) is 5.91 Å². The first-order chi connectivity index (χ1) is 13.7. The Morgan fingerprint density at radius 3 is 2.55 bits per heavy atom. The summed E-state index contributed by atoms with van der Waals surface area (Å²) in [4.78, 5) is 40.5. The number of ether oxygens (including phenoxy) is 1. The SMILES string of the molecule is CN(Cc1ccc(OC(F)F)cc1)C(=O)CN1C(=O)NC(C)(c2cccs2)C1=O. The first-order valence-electron chi connectivity index (χ1n) is 8.66. The van der Waals surface area contributed by atoms with E-state index in [9.17, 15) is 23.2 Å². The molecule has 1 aliphatic heterocycles. The second kappa shape index (κ2) is 8.16. The molecular weight excluding hydrogens is 404 g/mol. The molecule has 1 aliphatic rings. The summed E-state index contributed by atoms with van der Waals surface area (Å²) in [6.07, 6.45) is 0. The Hall–Kier alpha value is -3.01. The standard InChI is InChI=1S/C19H19F2N3O4S/c1-19(14-4-3-9-29-14)16(26)24(18(27)22-19)11-15(25)23(2)10-12-5-7-13(8-6-12)28-17(20)21/h3-9,17H,10-11H2,1-2H3,(H,22,27). The Bertz CT molecular complexity index is 905. The number of carbonyl (C=O) groups is 3. The molecule has 1 atom stereocenters. The van der Waals surface area contributed by atoms with Crippen LogP contribution in [0.4, 0.5) is 13.6 Å². The molecule has 1 aromatic heterocycles. The van der Waals surface area contributed by atoms with Gasteiger partial charge in [-0.05, 0) is 36.1 Å². The van der Waals surface area contributed by atoms with Crippen molar-refractivity contribution in [3.8, 4) is 5.75 Å². The van der Waals surface area contributed by atoms with Crippen LogP contribution < -0.4 is 10.1 Å². The van der Waals surface area contributed by atoms with E-state index < -0.39 is 36.5 Å². The van der Waals surface area contributed by atoms with Crippen LogP contribution in [-0.2, 0) is 21.7 Å². The van der Waals surface area contributed by atoms with E-state index in [1.807, 2.05) is 0 Å². The summed E-state index contributed by atoms with van der Waals surface area (Å²) in [6.45, 7) is -1.51. The van der Waals surface area contributed by atoms with Crippen LogP contribution in [0.15, 0.2) is 41.8 Å². The second-order valence-electron chi connectivity index (χ2n) is 6.70. The summed E-state index contributed by atoms with van der Waals surface area (Å²) < 4.78 is 28.7. The van der Waals surface area contributed by atoms with Crippen molar-refractivity contribution in [3.05, 3.63) is 52.2 Å². The van der Waals surface area contributed by atoms with Crippen LogP contribution in [-0.4, -0.2) is 47.8 Å². The van der Waals surface area contributed by atoms with Gasteiger partial charge in [-0.15, -0.1) is 11.3 Å². The molecule has 0 radical (unpaired) electrons. The van der Waals surface area contributed by atoms with E-state index in [4.69, 9.17) is 0 Å². The van der Waals surface area contributed by atoms with Gasteiger partial charge < -0.3 is 15.0 Å². The minimum absolute atomic E-state index is 0.0185. The summed E-state index contributed by atoms with van der Waals surface area (Å²) in [5.74, 6) is -0.901. The molecule has 1 aromatic carbocycles. The Morgan fingerprint density at radius 1 is 1.28 bits per heavy atom. The molecule has 3 rings (SSSR count). The fourth-order valence-corrected chi connectivity index (χ4v) is 3.80. The van der Waals surface area contributed by atoms with Gasteiger partial charge in [-0.25, -0.2) is 4.79 Å². The van der Waals surface area contributed by atoms with Gasteiger partial charge in [-0.3, -0.25) is 14.5 Å². The monoisotopic (exact) mass is 423 g/mol. The molecule has 1 N–H and O–H groups in total. The lowest BCUT2D eigenvalue weighted by molar-refractivity contribution is -0.138. The van der Waals surface area contributed by atoms with Gasteiger partial charge in [0.05, 0.1) is 0 Å². The summed E-state index contributed by atoms with van der Waals surface area (Å²) in [6, 6.07) is 8.78. The fourth-order valence-electron chi connectivity index (χ4n) is 2.96. The van der Waals surface area contributed by atoms with Crippen LogP contribution >= 0.6 is 11.3 Å². The fraction of sp³-hybridized carbons (Fsp3) is 0.316. The van der Waals surface area contributed by atoms with Crippen molar-refractivity contribution in [2.24, 2.45) is 0 Å². The minimum atomic E-state index is -2.91. The van der Waals surface area contributed by atoms with Crippen LogP contribution in [0.5, 0.6) is 5.75 Å². The third kappa shape index (κ3) is 4.37. The molecule has 7 nitrogen and oxygen atoms in total. The molecule has 2 heterocycles. The molecule has 1 saturated heterocycles. The average molecular weight is 423 g/mol. The summed E-state index contributed by atoms with van der Waals surface area (Å²) >= 11 is 1.34. The van der Waals surface area contributed by atoms with Crippen LogP contribution in [0.3, 0.4) is 0 Å². The predicted molar refractivity (Wildman–Crippen MR) is 101 cm³/mol. The Labute approximate surface area is 169 Å². The van der Waals surface area contributed by atoms with Crippen molar-refractivity contribution < 1.29 is 27.9 Å². The van der Waals surface area contributed by atoms with Crippen molar-refractivity contribution >= 4 is 29.2 Å². The molecule has 0 aliphatic carbocycles. The number of carbonyl (C=O) groups excluding carboxylic acids is 3. The molecule has 10 heteroatoms. The molecule has 29 heavy (non-hydrogen) atoms. The number of nitrogens with one attached hydrogen (secondary N) is 1. The van der Waals surface area contributed by atoms with Crippen molar-refractivity contribution in [1.82, 2.24) is 15.1 Å². The van der Waals surface area contributed by atoms with Crippen LogP contribution in [0.25, 0.3) is 0 Å². The lowest BCUT2D eigenvalue weighted by Gasteiger charge is -2.22. The maximum atomic E-state index is 12.8. The summed E-state index contributed by atoms with van der Waals surface area (Å²) in [5.41, 5.74) is -0.506. The van der Waals surface area contributed by atoms with E-state index in [0.717, 1.165) is 4.90 Å². The van der Waals surface area contributed by atoms with E-state index in [2.05, 4.69) is 10.1 Å². The molecule has 4 amide bonds. The largest absolute Gasteiger partial charge is 0.435 e. The van der Waals surface area contributed by atoms with E-state index in [-0.39, 0.29) is 12.3 Å². The first kappa shape index (κ1) is 20.7. The zero-order valence-electron chi connectivity index (χ0n) is 15.7. The highest BCUT2D eigenvalue weighted by atomic mass is 32.1. The molecule has 0 saturated carbocycles. The number of hydrogen-bond donors (Lipinski definition) is 1. The first-order valence-corrected chi connectivity index (χ1v) is 9.54. The molecule has 0 bridgehead atoms. The van der Waals surface area contributed by atoms with Crippen LogP contribution in [0.2, 0.25) is 0 Å². The van der Waals surface area contributed by atoms with Gasteiger partial charge in [-0.1, -0.05) is 18.2 Å². The van der Waals surface area contributed by atoms with E-state index >= 15 is 0 Å². The van der Waals surface area contributed by atoms with Crippen LogP contribution in [0.1, 0.15) is 17.4 Å². The summed E-state index contributed by atoms with van der Waals surface area (Å²) in [5, 5.41) is 4.46. The van der Waals surface area contributed by atoms with Gasteiger partial charge in [0.2, 0.25) is 5.91 Å². The smallest absolute Gasteiger partial charge is 0.387 e. The Kier molecular flexibility index (Phi) is 5.83. The number of likely N-dealkylation sites (N-methyl/N-ethyl adjacent to an activating group) is 1. The molecular formula is C19H19F2N3O4S. The number of halogens is 2. The Balaban J connectivity index is 1.62. The molecule has 154 valence electrons. The highest BCUT2D eigenvalue weighted by Gasteiger charge is 2.50. The number of benzene rings is 1. The normalized spacial score (nSPS) is 18.9. The highest BCUT2D eigenvalue weighted by Crippen LogP contribution is 2.31. The summed E-state index contributed by atoms with van der Waals surface area (Å²) in [7, 11) is 1.53. The number of hydrogen-bond acceptors (Lipinski definition) is 5. The number of thiophene rings is 1. The number of urea groups is 1. The van der Waals surface area contributed by atoms with Gasteiger partial charge in [0, 0.05) is 18.5 Å². The molecule has 0 spiro atoms. The Morgan fingerprint density at radius 2 is 1.97 bits per heavy atom. The van der Waals surface area contributed by atoms with E-state index in [1.165, 1.54) is 35.4 Å². The number of amides is 4. The topological polar surface area (TPSA) is 79.0 Å². The zero-order chi connectivity index (χ0) is 21.2. The number of imide groups is 1. The van der Waals surface area contributed by atoms with Gasteiger partial charge >= 0.3 is 12.6 Å². The molecule has 1 fully saturated rings. The van der Waals surface area contributed by atoms with Crippen molar-refractivity contribution in [2.75, 3.05) is 13.6 Å². The lowest BCUT2D eigenvalue weighted by atomic mass is 10.0. The van der Waals surface area contributed by atoms with E-state index in [0.29, 0.717) is 10.4 Å². The quantitative estimate of drug-likeness (QED) is 0.695. The second-order valence-corrected chi connectivity index (χ2v) is 7.64. The van der Waals surface area contributed by atoms with Gasteiger partial charge in [-0.2, -0.15) is 8.78 Å². The number of nitrogens with zero attached hydrogens (tertiary/aromatic N) is 2. The van der Waals surface area contributed by atoms with Crippen molar-refractivity contribution in [1.29, 1.82) is 0 Å². The van der Waals surface area contributed by atoms with Crippen molar-refractivity contribution in [3.63, 3.8) is 0 Å². The molecule has 2 aromatic rings. The maximum absolute atomic E-state index is 12.8. The maximum Gasteiger partial charge on any atom is 0.387 e. The molecule has 1 unspecified atom stereocenters. The predicted octanol–water partition coefficient (Wildman–Crippen LogP) is 2.78.